The summed E-state index contributed by atoms with van der Waals surface area (Å²) in [5, 5.41) is 12.2. The van der Waals surface area contributed by atoms with E-state index in [1.807, 2.05) is 13.0 Å². The maximum atomic E-state index is 12.1. The molecule has 0 bridgehead atoms. The summed E-state index contributed by atoms with van der Waals surface area (Å²) >= 11 is 0. The molecule has 2 aliphatic rings. The maximum Gasteiger partial charge on any atom is 0.303 e. The van der Waals surface area contributed by atoms with E-state index in [9.17, 15) is 9.90 Å². The molecule has 0 aromatic carbocycles. The number of carbonyl (C=O) groups is 1. The third kappa shape index (κ3) is 3.87. The molecule has 0 aromatic rings. The van der Waals surface area contributed by atoms with Crippen LogP contribution in [0, 0.1) is 16.7 Å². The zero-order valence-corrected chi connectivity index (χ0v) is 20.7. The van der Waals surface area contributed by atoms with E-state index in [2.05, 4.69) is 54.6 Å². The van der Waals surface area contributed by atoms with Gasteiger partial charge < -0.3 is 14.3 Å². The first-order valence-electron chi connectivity index (χ1n) is 10.7. The molecule has 2 rings (SSSR count). The lowest BCUT2D eigenvalue weighted by Crippen LogP contribution is -2.65. The van der Waals surface area contributed by atoms with Gasteiger partial charge in [-0.15, -0.1) is 0 Å². The van der Waals surface area contributed by atoms with E-state index in [0.29, 0.717) is 6.61 Å². The van der Waals surface area contributed by atoms with Crippen LogP contribution >= 0.6 is 0 Å². The third-order valence-electron chi connectivity index (χ3n) is 8.14. The normalized spacial score (nSPS) is 35.8. The highest BCUT2D eigenvalue weighted by molar-refractivity contribution is 6.74. The number of fused-ring (bicyclic) bond motifs is 1. The second-order valence-electron chi connectivity index (χ2n) is 11.6. The maximum absolute atomic E-state index is 12.1. The molecular weight excluding hydrogens is 368 g/mol. The average molecular weight is 411 g/mol. The standard InChI is InChI=1S/C23H42O4Si/c1-16-14-18(27-17(2)24)19-21(6,7)12-11-13-22(19,8)23(16,25)15-26-28(9,10)20(3,4)5/h14,18-19,25H,11-13,15H2,1-10H3/t18-,19+,22+,23-/m1/s1. The highest BCUT2D eigenvalue weighted by atomic mass is 28.4. The topological polar surface area (TPSA) is 55.8 Å². The Labute approximate surface area is 173 Å². The van der Waals surface area contributed by atoms with E-state index < -0.39 is 19.3 Å². The molecule has 0 radical (unpaired) electrons. The number of hydrogen-bond acceptors (Lipinski definition) is 4. The van der Waals surface area contributed by atoms with Crippen molar-refractivity contribution in [3.8, 4) is 0 Å². The molecule has 0 heterocycles. The molecule has 0 spiro atoms. The SMILES string of the molecule is CC(=O)O[C@@H]1C=C(C)[C@](O)(CO[Si](C)(C)C(C)(C)C)[C@@]2(C)CCCC(C)(C)[C@H]12. The summed E-state index contributed by atoms with van der Waals surface area (Å²) in [5.74, 6) is -0.213. The van der Waals surface area contributed by atoms with Gasteiger partial charge in [0.2, 0.25) is 0 Å². The van der Waals surface area contributed by atoms with Gasteiger partial charge >= 0.3 is 5.97 Å². The summed E-state index contributed by atoms with van der Waals surface area (Å²) in [5.41, 5.74) is -0.624. The van der Waals surface area contributed by atoms with E-state index in [-0.39, 0.29) is 28.4 Å². The van der Waals surface area contributed by atoms with Crippen LogP contribution in [0.4, 0.5) is 0 Å². The van der Waals surface area contributed by atoms with Gasteiger partial charge in [-0.05, 0) is 55.0 Å². The molecule has 28 heavy (non-hydrogen) atoms. The number of hydrogen-bond donors (Lipinski definition) is 1. The van der Waals surface area contributed by atoms with Crippen LogP contribution in [0.1, 0.15) is 74.7 Å². The van der Waals surface area contributed by atoms with Crippen molar-refractivity contribution in [1.82, 2.24) is 0 Å². The fourth-order valence-corrected chi connectivity index (χ4v) is 6.36. The average Bonchev–Trinajstić information content (AvgIpc) is 2.48. The first kappa shape index (κ1) is 23.6. The van der Waals surface area contributed by atoms with Gasteiger partial charge in [0.25, 0.3) is 0 Å². The van der Waals surface area contributed by atoms with E-state index in [1.165, 1.54) is 6.92 Å². The minimum Gasteiger partial charge on any atom is -0.458 e. The van der Waals surface area contributed by atoms with Crippen LogP contribution in [0.5, 0.6) is 0 Å². The first-order valence-corrected chi connectivity index (χ1v) is 13.6. The molecule has 5 heteroatoms. The summed E-state index contributed by atoms with van der Waals surface area (Å²) < 4.78 is 12.3. The summed E-state index contributed by atoms with van der Waals surface area (Å²) in [6.07, 6.45) is 4.71. The Kier molecular flexibility index (Phi) is 6.11. The molecule has 0 aliphatic heterocycles. The van der Waals surface area contributed by atoms with Gasteiger partial charge in [0.15, 0.2) is 8.32 Å². The monoisotopic (exact) mass is 410 g/mol. The number of rotatable bonds is 4. The van der Waals surface area contributed by atoms with Crippen molar-refractivity contribution in [2.75, 3.05) is 6.61 Å². The predicted molar refractivity (Wildman–Crippen MR) is 117 cm³/mol. The number of aliphatic hydroxyl groups is 1. The quantitative estimate of drug-likeness (QED) is 0.380. The van der Waals surface area contributed by atoms with Crippen molar-refractivity contribution < 1.29 is 19.1 Å². The van der Waals surface area contributed by atoms with Crippen LogP contribution in [0.3, 0.4) is 0 Å². The molecule has 2 aliphatic carbocycles. The van der Waals surface area contributed by atoms with E-state index in [1.54, 1.807) is 0 Å². The van der Waals surface area contributed by atoms with Gasteiger partial charge in [-0.3, -0.25) is 4.79 Å². The molecule has 1 saturated carbocycles. The van der Waals surface area contributed by atoms with E-state index in [4.69, 9.17) is 9.16 Å². The lowest BCUT2D eigenvalue weighted by atomic mass is 9.46. The third-order valence-corrected chi connectivity index (χ3v) is 12.6. The van der Waals surface area contributed by atoms with Gasteiger partial charge in [-0.25, -0.2) is 0 Å². The van der Waals surface area contributed by atoms with Gasteiger partial charge in [-0.1, -0.05) is 48.0 Å². The number of esters is 1. The predicted octanol–water partition coefficient (Wildman–Crippen LogP) is 5.46. The van der Waals surface area contributed by atoms with Crippen molar-refractivity contribution in [3.63, 3.8) is 0 Å². The Morgan fingerprint density at radius 3 is 2.32 bits per heavy atom. The van der Waals surface area contributed by atoms with Gasteiger partial charge in [0, 0.05) is 18.3 Å². The Balaban J connectivity index is 2.50. The fourth-order valence-electron chi connectivity index (χ4n) is 5.36. The summed E-state index contributed by atoms with van der Waals surface area (Å²) in [6, 6.07) is 0. The Hall–Kier alpha value is -0.653. The Bertz CT molecular complexity index is 645. The zero-order valence-electron chi connectivity index (χ0n) is 19.7. The molecule has 1 fully saturated rings. The van der Waals surface area contributed by atoms with Gasteiger partial charge in [-0.2, -0.15) is 0 Å². The summed E-state index contributed by atoms with van der Waals surface area (Å²) in [4.78, 5) is 11.8. The first-order chi connectivity index (χ1) is 12.5. The van der Waals surface area contributed by atoms with Crippen LogP contribution in [-0.4, -0.2) is 37.7 Å². The fraction of sp³-hybridized carbons (Fsp3) is 0.870. The van der Waals surface area contributed by atoms with Gasteiger partial charge in [0.1, 0.15) is 11.7 Å². The van der Waals surface area contributed by atoms with Crippen molar-refractivity contribution in [3.05, 3.63) is 11.6 Å². The molecule has 1 N–H and O–H groups in total. The van der Waals surface area contributed by atoms with E-state index in [0.717, 1.165) is 24.8 Å². The largest absolute Gasteiger partial charge is 0.458 e. The van der Waals surface area contributed by atoms with Crippen LogP contribution in [0.2, 0.25) is 18.1 Å². The lowest BCUT2D eigenvalue weighted by molar-refractivity contribution is -0.195. The molecule has 0 aromatic heterocycles. The van der Waals surface area contributed by atoms with Crippen LogP contribution in [0.15, 0.2) is 11.6 Å². The molecule has 0 unspecified atom stereocenters. The molecular formula is C23H42O4Si. The molecule has 4 nitrogen and oxygen atoms in total. The van der Waals surface area contributed by atoms with E-state index >= 15 is 0 Å². The number of ether oxygens (including phenoxy) is 1. The Morgan fingerprint density at radius 2 is 1.82 bits per heavy atom. The summed E-state index contributed by atoms with van der Waals surface area (Å²) in [7, 11) is -2.01. The van der Waals surface area contributed by atoms with Crippen LogP contribution < -0.4 is 0 Å². The minimum atomic E-state index is -2.01. The second-order valence-corrected chi connectivity index (χ2v) is 16.4. The van der Waals surface area contributed by atoms with Crippen molar-refractivity contribution >= 4 is 14.3 Å². The second kappa shape index (κ2) is 7.24. The van der Waals surface area contributed by atoms with Crippen molar-refractivity contribution in [2.45, 2.75) is 104 Å². The van der Waals surface area contributed by atoms with Crippen molar-refractivity contribution in [1.29, 1.82) is 0 Å². The lowest BCUT2D eigenvalue weighted by Gasteiger charge is -2.62. The smallest absolute Gasteiger partial charge is 0.303 e. The molecule has 162 valence electrons. The van der Waals surface area contributed by atoms with Gasteiger partial charge in [0.05, 0.1) is 6.61 Å². The molecule has 4 atom stereocenters. The highest BCUT2D eigenvalue weighted by Gasteiger charge is 2.63. The zero-order chi connectivity index (χ0) is 21.8. The minimum absolute atomic E-state index is 0.0325. The highest BCUT2D eigenvalue weighted by Crippen LogP contribution is 2.62. The Morgan fingerprint density at radius 1 is 1.25 bits per heavy atom. The van der Waals surface area contributed by atoms with Crippen LogP contribution in [-0.2, 0) is 14.0 Å². The van der Waals surface area contributed by atoms with Crippen molar-refractivity contribution in [2.24, 2.45) is 16.7 Å². The molecule has 0 amide bonds. The molecule has 0 saturated heterocycles. The summed E-state index contributed by atoms with van der Waals surface area (Å²) in [6.45, 7) is 21.5. The van der Waals surface area contributed by atoms with Crippen LogP contribution in [0.25, 0.3) is 0 Å². The number of carbonyl (C=O) groups excluding carboxylic acids is 1.